The molecule has 1 aliphatic heterocycles. The van der Waals surface area contributed by atoms with Crippen LogP contribution in [-0.4, -0.2) is 4.57 Å². The molecule has 0 fully saturated rings. The van der Waals surface area contributed by atoms with E-state index in [-0.39, 0.29) is 5.63 Å². The molecular formula is C34H22INO2. The summed E-state index contributed by atoms with van der Waals surface area (Å²) in [6, 6.07) is 39.6. The van der Waals surface area contributed by atoms with Crippen LogP contribution >= 0.6 is 19.8 Å². The zero-order valence-electron chi connectivity index (χ0n) is 20.6. The number of halogens is 1. The van der Waals surface area contributed by atoms with Gasteiger partial charge in [0, 0.05) is 0 Å². The molecule has 182 valence electrons. The predicted octanol–water partition coefficient (Wildman–Crippen LogP) is 8.59. The van der Waals surface area contributed by atoms with Crippen LogP contribution in [0.2, 0.25) is 0 Å². The third kappa shape index (κ3) is 3.04. The summed E-state index contributed by atoms with van der Waals surface area (Å²) in [6.07, 6.45) is 1.54. The first kappa shape index (κ1) is 21.9. The van der Waals surface area contributed by atoms with Gasteiger partial charge in [-0.25, -0.2) is 0 Å². The second-order valence-electron chi connectivity index (χ2n) is 9.69. The second kappa shape index (κ2) is 8.17. The Morgan fingerprint density at radius 1 is 0.632 bits per heavy atom. The maximum atomic E-state index is 12.6. The zero-order chi connectivity index (χ0) is 25.4. The summed E-state index contributed by atoms with van der Waals surface area (Å²) in [6.45, 7) is 1.97. The molecule has 2 aromatic heterocycles. The van der Waals surface area contributed by atoms with Crippen LogP contribution in [0, 0.1) is 17.6 Å². The predicted molar refractivity (Wildman–Crippen MR) is 164 cm³/mol. The van der Waals surface area contributed by atoms with Gasteiger partial charge in [0.2, 0.25) is 0 Å². The molecule has 0 amide bonds. The van der Waals surface area contributed by atoms with Gasteiger partial charge in [0.25, 0.3) is 0 Å². The molecule has 0 N–H and O–H groups in total. The van der Waals surface area contributed by atoms with E-state index in [1.807, 2.05) is 19.1 Å². The van der Waals surface area contributed by atoms with Crippen molar-refractivity contribution in [1.29, 1.82) is 0 Å². The molecule has 1 aliphatic rings. The fraction of sp³-hybridized carbons (Fsp3) is 0.0294. The molecule has 0 aliphatic carbocycles. The van der Waals surface area contributed by atoms with E-state index in [0.717, 1.165) is 27.7 Å². The first-order chi connectivity index (χ1) is 18.7. The van der Waals surface area contributed by atoms with Crippen molar-refractivity contribution in [3.05, 3.63) is 142 Å². The average molecular weight is 603 g/mol. The number of hydrogen-bond donors (Lipinski definition) is 0. The molecule has 0 saturated carbocycles. The van der Waals surface area contributed by atoms with E-state index in [4.69, 9.17) is 4.42 Å². The fourth-order valence-corrected chi connectivity index (χ4v) is 12.2. The number of benzene rings is 5. The molecule has 3 nitrogen and oxygen atoms in total. The molecule has 0 bridgehead atoms. The van der Waals surface area contributed by atoms with E-state index in [1.54, 1.807) is 0 Å². The van der Waals surface area contributed by atoms with Gasteiger partial charge in [0.15, 0.2) is 0 Å². The Bertz CT molecular complexity index is 2090. The van der Waals surface area contributed by atoms with Gasteiger partial charge in [-0.2, -0.15) is 0 Å². The normalized spacial score (nSPS) is 13.3. The average Bonchev–Trinajstić information content (AvgIpc) is 3.47. The van der Waals surface area contributed by atoms with E-state index in [9.17, 15) is 4.79 Å². The summed E-state index contributed by atoms with van der Waals surface area (Å²) in [7, 11) is 0. The molecule has 3 heterocycles. The molecule has 0 unspecified atom stereocenters. The van der Waals surface area contributed by atoms with E-state index in [2.05, 4.69) is 102 Å². The molecule has 0 atom stereocenters. The van der Waals surface area contributed by atoms with E-state index < -0.39 is 19.8 Å². The van der Waals surface area contributed by atoms with Crippen LogP contribution in [0.5, 0.6) is 0 Å². The van der Waals surface area contributed by atoms with Crippen molar-refractivity contribution in [1.82, 2.24) is 4.57 Å². The first-order valence-corrected chi connectivity index (χ1v) is 15.9. The SMILES string of the molecule is Cc1coc(=O)c2cc(-n3c4ccccc4c4cc(I5c6ccccc6-c6ccccc65)ccc43)ccc12. The zero-order valence-corrected chi connectivity index (χ0v) is 22.8. The monoisotopic (exact) mass is 603 g/mol. The third-order valence-corrected chi connectivity index (χ3v) is 13.7. The van der Waals surface area contributed by atoms with Crippen LogP contribution in [0.15, 0.2) is 125 Å². The van der Waals surface area contributed by atoms with Crippen molar-refractivity contribution in [3.8, 4) is 16.8 Å². The fourth-order valence-electron chi connectivity index (χ4n) is 5.83. The number of rotatable bonds is 2. The van der Waals surface area contributed by atoms with E-state index >= 15 is 0 Å². The van der Waals surface area contributed by atoms with E-state index in [0.29, 0.717) is 5.39 Å². The number of para-hydroxylation sites is 1. The minimum atomic E-state index is -1.83. The van der Waals surface area contributed by atoms with Gasteiger partial charge in [-0.05, 0) is 0 Å². The van der Waals surface area contributed by atoms with Crippen molar-refractivity contribution in [2.75, 3.05) is 0 Å². The summed E-state index contributed by atoms with van der Waals surface area (Å²) in [5.41, 5.74) is 6.67. The Labute approximate surface area is 226 Å². The van der Waals surface area contributed by atoms with Gasteiger partial charge in [-0.1, -0.05) is 0 Å². The molecule has 0 saturated heterocycles. The molecule has 38 heavy (non-hydrogen) atoms. The molecule has 8 rings (SSSR count). The van der Waals surface area contributed by atoms with E-state index in [1.165, 1.54) is 38.9 Å². The van der Waals surface area contributed by atoms with Gasteiger partial charge in [0.05, 0.1) is 0 Å². The molecule has 0 radical (unpaired) electrons. The molecule has 7 aromatic rings. The summed E-state index contributed by atoms with van der Waals surface area (Å²) in [4.78, 5) is 12.6. The summed E-state index contributed by atoms with van der Waals surface area (Å²) < 4.78 is 12.0. The van der Waals surface area contributed by atoms with Gasteiger partial charge < -0.3 is 0 Å². The standard InChI is InChI=1S/C34H22INO2/c1-21-20-38-34(37)29-19-23(15-16-24(21)29)36-32-13-7-4-10-27(32)28-18-22(14-17-33(28)36)35-30-11-5-2-8-25(30)26-9-3-6-12-31(26)35/h2-20H,1H3. The number of aryl methyl sites for hydroxylation is 1. The molecule has 4 heteroatoms. The Kier molecular flexibility index (Phi) is 4.70. The number of aromatic nitrogens is 1. The number of nitrogens with zero attached hydrogens (tertiary/aromatic N) is 1. The Hall–Kier alpha value is -4.16. The topological polar surface area (TPSA) is 35.1 Å². The van der Waals surface area contributed by atoms with Gasteiger partial charge >= 0.3 is 227 Å². The van der Waals surface area contributed by atoms with Crippen LogP contribution in [0.4, 0.5) is 0 Å². The van der Waals surface area contributed by atoms with Crippen LogP contribution < -0.4 is 5.63 Å². The molecular weight excluding hydrogens is 581 g/mol. The Morgan fingerprint density at radius 3 is 2.11 bits per heavy atom. The van der Waals surface area contributed by atoms with Gasteiger partial charge in [-0.15, -0.1) is 0 Å². The minimum absolute atomic E-state index is 0.305. The molecule has 5 aromatic carbocycles. The van der Waals surface area contributed by atoms with Crippen LogP contribution in [-0.2, 0) is 0 Å². The van der Waals surface area contributed by atoms with Gasteiger partial charge in [0.1, 0.15) is 0 Å². The van der Waals surface area contributed by atoms with Crippen molar-refractivity contribution in [3.63, 3.8) is 0 Å². The maximum absolute atomic E-state index is 12.6. The third-order valence-electron chi connectivity index (χ3n) is 7.55. The Morgan fingerprint density at radius 2 is 1.32 bits per heavy atom. The first-order valence-electron chi connectivity index (χ1n) is 12.6. The summed E-state index contributed by atoms with van der Waals surface area (Å²) >= 11 is -1.83. The van der Waals surface area contributed by atoms with Crippen LogP contribution in [0.1, 0.15) is 5.56 Å². The van der Waals surface area contributed by atoms with Crippen molar-refractivity contribution in [2.45, 2.75) is 6.92 Å². The van der Waals surface area contributed by atoms with Crippen molar-refractivity contribution in [2.24, 2.45) is 0 Å². The van der Waals surface area contributed by atoms with Crippen LogP contribution in [0.25, 0.3) is 49.4 Å². The summed E-state index contributed by atoms with van der Waals surface area (Å²) in [5.74, 6) is 0. The van der Waals surface area contributed by atoms with Crippen LogP contribution in [0.3, 0.4) is 0 Å². The second-order valence-corrected chi connectivity index (χ2v) is 14.9. The Balaban J connectivity index is 1.39. The summed E-state index contributed by atoms with van der Waals surface area (Å²) in [5, 5.41) is 4.00. The number of fused-ring (bicyclic) bond motifs is 7. The quantitative estimate of drug-likeness (QED) is 0.186. The molecule has 0 spiro atoms. The van der Waals surface area contributed by atoms with Crippen molar-refractivity contribution < 1.29 is 4.42 Å². The number of hydrogen-bond acceptors (Lipinski definition) is 2. The van der Waals surface area contributed by atoms with Crippen molar-refractivity contribution >= 4 is 52.4 Å². The van der Waals surface area contributed by atoms with Gasteiger partial charge in [-0.3, -0.25) is 0 Å².